The summed E-state index contributed by atoms with van der Waals surface area (Å²) in [5.74, 6) is 1.86. The molecule has 1 N–H and O–H groups in total. The summed E-state index contributed by atoms with van der Waals surface area (Å²) in [6.07, 6.45) is 2.28. The number of thioether (sulfide) groups is 1. The first-order chi connectivity index (χ1) is 9.19. The Hall–Kier alpha value is -0.960. The van der Waals surface area contributed by atoms with Crippen molar-refractivity contribution >= 4 is 16.9 Å². The first-order valence-electron chi connectivity index (χ1n) is 7.21. The van der Waals surface area contributed by atoms with Crippen LogP contribution in [0, 0.1) is 5.92 Å². The second-order valence-electron chi connectivity index (χ2n) is 5.54. The van der Waals surface area contributed by atoms with Gasteiger partial charge >= 0.3 is 0 Å². The minimum atomic E-state index is 0.380. The molecule has 0 fully saturated rings. The fraction of sp³-hybridized carbons (Fsp3) is 0.562. The summed E-state index contributed by atoms with van der Waals surface area (Å²) in [7, 11) is 0. The molecule has 1 heterocycles. The molecule has 1 aromatic carbocycles. The molecule has 19 heavy (non-hydrogen) atoms. The molecule has 0 aromatic heterocycles. The Morgan fingerprint density at radius 1 is 1.32 bits per heavy atom. The maximum atomic E-state index is 4.81. The van der Waals surface area contributed by atoms with Crippen LogP contribution in [-0.4, -0.2) is 17.0 Å². The van der Waals surface area contributed by atoms with Gasteiger partial charge in [0, 0.05) is 5.75 Å². The van der Waals surface area contributed by atoms with Crippen molar-refractivity contribution in [2.24, 2.45) is 10.9 Å². The Bertz CT molecular complexity index is 414. The average Bonchev–Trinajstić information content (AvgIpc) is 2.83. The van der Waals surface area contributed by atoms with Gasteiger partial charge in [0.2, 0.25) is 0 Å². The van der Waals surface area contributed by atoms with Crippen LogP contribution in [0.4, 0.5) is 0 Å². The molecule has 1 aliphatic heterocycles. The second-order valence-corrected chi connectivity index (χ2v) is 6.55. The standard InChI is InChI=1S/C16H24N2S/c1-4-15(13-8-6-5-7-9-13)18-16-17-14(11-19-16)10-12(2)3/h5-9,12,14-15H,4,10-11H2,1-3H3,(H,17,18). The van der Waals surface area contributed by atoms with Gasteiger partial charge in [-0.3, -0.25) is 4.99 Å². The molecule has 0 spiro atoms. The van der Waals surface area contributed by atoms with Gasteiger partial charge in [-0.05, 0) is 24.3 Å². The van der Waals surface area contributed by atoms with Crippen molar-refractivity contribution in [1.82, 2.24) is 5.32 Å². The highest BCUT2D eigenvalue weighted by molar-refractivity contribution is 8.14. The lowest BCUT2D eigenvalue weighted by Crippen LogP contribution is -2.24. The predicted molar refractivity (Wildman–Crippen MR) is 85.7 cm³/mol. The molecular weight excluding hydrogens is 252 g/mol. The van der Waals surface area contributed by atoms with Crippen molar-refractivity contribution in [2.75, 3.05) is 5.75 Å². The van der Waals surface area contributed by atoms with Gasteiger partial charge < -0.3 is 5.32 Å². The third-order valence-electron chi connectivity index (χ3n) is 3.36. The van der Waals surface area contributed by atoms with E-state index in [1.807, 2.05) is 11.8 Å². The summed E-state index contributed by atoms with van der Waals surface area (Å²) in [4.78, 5) is 4.81. The molecule has 0 saturated heterocycles. The molecule has 2 unspecified atom stereocenters. The van der Waals surface area contributed by atoms with Crippen LogP contribution in [0.3, 0.4) is 0 Å². The summed E-state index contributed by atoms with van der Waals surface area (Å²) < 4.78 is 0. The summed E-state index contributed by atoms with van der Waals surface area (Å²) in [5, 5.41) is 4.72. The van der Waals surface area contributed by atoms with Crippen molar-refractivity contribution < 1.29 is 0 Å². The zero-order valence-electron chi connectivity index (χ0n) is 12.1. The number of aliphatic imine (C=N–C) groups is 1. The van der Waals surface area contributed by atoms with E-state index in [-0.39, 0.29) is 0 Å². The SMILES string of the molecule is CCC(NC1=NC(CC(C)C)CS1)c1ccccc1. The van der Waals surface area contributed by atoms with Gasteiger partial charge in [-0.2, -0.15) is 0 Å². The summed E-state index contributed by atoms with van der Waals surface area (Å²) in [5.41, 5.74) is 1.35. The van der Waals surface area contributed by atoms with Crippen LogP contribution in [0.1, 0.15) is 45.2 Å². The third-order valence-corrected chi connectivity index (χ3v) is 4.41. The van der Waals surface area contributed by atoms with Crippen LogP contribution in [0.2, 0.25) is 0 Å². The van der Waals surface area contributed by atoms with Gasteiger partial charge in [0.05, 0.1) is 12.1 Å². The maximum Gasteiger partial charge on any atom is 0.157 e. The van der Waals surface area contributed by atoms with Gasteiger partial charge in [-0.1, -0.05) is 62.9 Å². The first kappa shape index (κ1) is 14.4. The topological polar surface area (TPSA) is 24.4 Å². The minimum absolute atomic E-state index is 0.380. The molecule has 2 nitrogen and oxygen atoms in total. The highest BCUT2D eigenvalue weighted by atomic mass is 32.2. The molecule has 0 bridgehead atoms. The molecule has 2 atom stereocenters. The lowest BCUT2D eigenvalue weighted by atomic mass is 10.1. The Balaban J connectivity index is 1.96. The Morgan fingerprint density at radius 3 is 2.68 bits per heavy atom. The lowest BCUT2D eigenvalue weighted by molar-refractivity contribution is 0.527. The monoisotopic (exact) mass is 276 g/mol. The van der Waals surface area contributed by atoms with E-state index in [1.165, 1.54) is 12.0 Å². The van der Waals surface area contributed by atoms with E-state index in [2.05, 4.69) is 56.4 Å². The van der Waals surface area contributed by atoms with Crippen LogP contribution in [-0.2, 0) is 0 Å². The van der Waals surface area contributed by atoms with Crippen LogP contribution in [0.25, 0.3) is 0 Å². The summed E-state index contributed by atoms with van der Waals surface area (Å²) >= 11 is 1.87. The molecule has 104 valence electrons. The highest BCUT2D eigenvalue weighted by Gasteiger charge is 2.21. The van der Waals surface area contributed by atoms with Gasteiger partial charge in [0.1, 0.15) is 0 Å². The molecule has 1 aromatic rings. The van der Waals surface area contributed by atoms with E-state index in [1.54, 1.807) is 0 Å². The van der Waals surface area contributed by atoms with Gasteiger partial charge in [-0.25, -0.2) is 0 Å². The van der Waals surface area contributed by atoms with Crippen molar-refractivity contribution in [1.29, 1.82) is 0 Å². The van der Waals surface area contributed by atoms with Crippen molar-refractivity contribution in [3.8, 4) is 0 Å². The largest absolute Gasteiger partial charge is 0.358 e. The van der Waals surface area contributed by atoms with Gasteiger partial charge in [0.25, 0.3) is 0 Å². The van der Waals surface area contributed by atoms with Crippen LogP contribution in [0.15, 0.2) is 35.3 Å². The van der Waals surface area contributed by atoms with E-state index >= 15 is 0 Å². The Morgan fingerprint density at radius 2 is 2.05 bits per heavy atom. The van der Waals surface area contributed by atoms with E-state index < -0.39 is 0 Å². The molecule has 0 saturated carbocycles. The number of amidine groups is 1. The number of rotatable bonds is 5. The van der Waals surface area contributed by atoms with Crippen molar-refractivity contribution in [3.63, 3.8) is 0 Å². The first-order valence-corrected chi connectivity index (χ1v) is 8.19. The quantitative estimate of drug-likeness (QED) is 0.869. The molecule has 0 amide bonds. The van der Waals surface area contributed by atoms with Crippen LogP contribution < -0.4 is 5.32 Å². The third kappa shape index (κ3) is 4.27. The van der Waals surface area contributed by atoms with Gasteiger partial charge in [0.15, 0.2) is 5.17 Å². The zero-order chi connectivity index (χ0) is 13.7. The van der Waals surface area contributed by atoms with Crippen molar-refractivity contribution in [3.05, 3.63) is 35.9 Å². The van der Waals surface area contributed by atoms with Crippen LogP contribution >= 0.6 is 11.8 Å². The fourth-order valence-electron chi connectivity index (χ4n) is 2.41. The van der Waals surface area contributed by atoms with E-state index in [4.69, 9.17) is 4.99 Å². The fourth-order valence-corrected chi connectivity index (χ4v) is 3.42. The van der Waals surface area contributed by atoms with E-state index in [0.717, 1.165) is 23.3 Å². The number of hydrogen-bond donors (Lipinski definition) is 1. The van der Waals surface area contributed by atoms with Crippen molar-refractivity contribution in [2.45, 2.75) is 45.7 Å². The highest BCUT2D eigenvalue weighted by Crippen LogP contribution is 2.25. The zero-order valence-corrected chi connectivity index (χ0v) is 12.9. The smallest absolute Gasteiger partial charge is 0.157 e. The molecule has 3 heteroatoms. The Kier molecular flexibility index (Phi) is 5.32. The molecule has 2 rings (SSSR count). The number of hydrogen-bond acceptors (Lipinski definition) is 3. The number of benzene rings is 1. The molecule has 0 aliphatic carbocycles. The maximum absolute atomic E-state index is 4.81. The second kappa shape index (κ2) is 6.99. The molecule has 1 aliphatic rings. The van der Waals surface area contributed by atoms with E-state index in [9.17, 15) is 0 Å². The van der Waals surface area contributed by atoms with E-state index in [0.29, 0.717) is 12.1 Å². The van der Waals surface area contributed by atoms with Crippen LogP contribution in [0.5, 0.6) is 0 Å². The summed E-state index contributed by atoms with van der Waals surface area (Å²) in [6, 6.07) is 11.5. The summed E-state index contributed by atoms with van der Waals surface area (Å²) in [6.45, 7) is 6.76. The Labute approximate surface area is 121 Å². The minimum Gasteiger partial charge on any atom is -0.358 e. The average molecular weight is 276 g/mol. The molecular formula is C16H24N2S. The number of nitrogens with zero attached hydrogens (tertiary/aromatic N) is 1. The predicted octanol–water partition coefficient (Wildman–Crippen LogP) is 4.24. The van der Waals surface area contributed by atoms with Gasteiger partial charge in [-0.15, -0.1) is 0 Å². The number of nitrogens with one attached hydrogen (secondary N) is 1. The molecule has 0 radical (unpaired) electrons. The lowest BCUT2D eigenvalue weighted by Gasteiger charge is -2.17. The normalized spacial score (nSPS) is 20.4.